The van der Waals surface area contributed by atoms with Gasteiger partial charge in [-0.25, -0.2) is 4.98 Å². The molecule has 0 N–H and O–H groups in total. The van der Waals surface area contributed by atoms with Crippen molar-refractivity contribution in [2.24, 2.45) is 0 Å². The SMILES string of the molecule is Brc1ccc2c(c1)Cc1c-2nc2ccc(Br)cn12. The third-order valence-electron chi connectivity index (χ3n) is 3.36. The van der Waals surface area contributed by atoms with Gasteiger partial charge in [0.25, 0.3) is 0 Å². The van der Waals surface area contributed by atoms with Crippen LogP contribution < -0.4 is 0 Å². The van der Waals surface area contributed by atoms with Crippen molar-refractivity contribution in [2.45, 2.75) is 6.42 Å². The molecule has 18 heavy (non-hydrogen) atoms. The Hall–Kier alpha value is -1.13. The van der Waals surface area contributed by atoms with E-state index in [4.69, 9.17) is 4.98 Å². The summed E-state index contributed by atoms with van der Waals surface area (Å²) < 4.78 is 4.38. The summed E-state index contributed by atoms with van der Waals surface area (Å²) >= 11 is 7.04. The topological polar surface area (TPSA) is 17.3 Å². The summed E-state index contributed by atoms with van der Waals surface area (Å²) in [5, 5.41) is 0. The molecule has 0 atom stereocenters. The monoisotopic (exact) mass is 362 g/mol. The summed E-state index contributed by atoms with van der Waals surface area (Å²) in [5.74, 6) is 0. The summed E-state index contributed by atoms with van der Waals surface area (Å²) in [4.78, 5) is 4.73. The van der Waals surface area contributed by atoms with Gasteiger partial charge in [-0.3, -0.25) is 0 Å². The number of hydrogen-bond donors (Lipinski definition) is 0. The average Bonchev–Trinajstić information content (AvgIpc) is 2.84. The predicted molar refractivity (Wildman–Crippen MR) is 78.8 cm³/mol. The van der Waals surface area contributed by atoms with Gasteiger partial charge < -0.3 is 4.40 Å². The Morgan fingerprint density at radius 3 is 2.78 bits per heavy atom. The Morgan fingerprint density at radius 1 is 1.06 bits per heavy atom. The van der Waals surface area contributed by atoms with Crippen molar-refractivity contribution in [3.8, 4) is 11.3 Å². The smallest absolute Gasteiger partial charge is 0.137 e. The van der Waals surface area contributed by atoms with Crippen molar-refractivity contribution in [2.75, 3.05) is 0 Å². The van der Waals surface area contributed by atoms with Crippen LogP contribution in [0.15, 0.2) is 45.5 Å². The van der Waals surface area contributed by atoms with Crippen LogP contribution in [0.5, 0.6) is 0 Å². The lowest BCUT2D eigenvalue weighted by Crippen LogP contribution is -1.91. The molecule has 0 radical (unpaired) electrons. The zero-order chi connectivity index (χ0) is 12.3. The fraction of sp³-hybridized carbons (Fsp3) is 0.0714. The Balaban J connectivity index is 2.04. The maximum Gasteiger partial charge on any atom is 0.137 e. The highest BCUT2D eigenvalue weighted by Crippen LogP contribution is 2.38. The summed E-state index contributed by atoms with van der Waals surface area (Å²) in [6.07, 6.45) is 3.03. The number of nitrogens with zero attached hydrogens (tertiary/aromatic N) is 2. The van der Waals surface area contributed by atoms with Gasteiger partial charge >= 0.3 is 0 Å². The number of imidazole rings is 1. The maximum absolute atomic E-state index is 4.73. The van der Waals surface area contributed by atoms with Gasteiger partial charge in [-0.2, -0.15) is 0 Å². The first-order valence-electron chi connectivity index (χ1n) is 5.68. The Kier molecular flexibility index (Phi) is 2.20. The molecule has 1 aliphatic carbocycles. The minimum Gasteiger partial charge on any atom is -0.302 e. The molecular weight excluding hydrogens is 356 g/mol. The molecule has 0 spiro atoms. The molecule has 0 unspecified atom stereocenters. The molecule has 88 valence electrons. The molecule has 2 nitrogen and oxygen atoms in total. The lowest BCUT2D eigenvalue weighted by atomic mass is 10.1. The molecule has 2 aromatic heterocycles. The molecule has 4 rings (SSSR count). The van der Waals surface area contributed by atoms with Crippen molar-refractivity contribution >= 4 is 37.5 Å². The number of aromatic nitrogens is 2. The van der Waals surface area contributed by atoms with Crippen molar-refractivity contribution in [3.63, 3.8) is 0 Å². The molecule has 2 heterocycles. The highest BCUT2D eigenvalue weighted by atomic mass is 79.9. The highest BCUT2D eigenvalue weighted by Gasteiger charge is 2.23. The molecule has 4 heteroatoms. The number of hydrogen-bond acceptors (Lipinski definition) is 1. The van der Waals surface area contributed by atoms with Crippen LogP contribution >= 0.6 is 31.9 Å². The number of benzene rings is 1. The second-order valence-corrected chi connectivity index (χ2v) is 6.29. The maximum atomic E-state index is 4.73. The summed E-state index contributed by atoms with van der Waals surface area (Å²) in [5.41, 5.74) is 6.01. The van der Waals surface area contributed by atoms with E-state index in [2.05, 4.69) is 60.7 Å². The summed E-state index contributed by atoms with van der Waals surface area (Å²) in [6.45, 7) is 0. The van der Waals surface area contributed by atoms with E-state index in [9.17, 15) is 0 Å². The number of rotatable bonds is 0. The van der Waals surface area contributed by atoms with E-state index in [0.29, 0.717) is 0 Å². The lowest BCUT2D eigenvalue weighted by molar-refractivity contribution is 1.04. The first kappa shape index (κ1) is 10.8. The molecule has 1 aromatic carbocycles. The number of fused-ring (bicyclic) bond motifs is 5. The zero-order valence-electron chi connectivity index (χ0n) is 9.32. The van der Waals surface area contributed by atoms with Crippen molar-refractivity contribution in [1.82, 2.24) is 9.38 Å². The Labute approximate surface area is 121 Å². The van der Waals surface area contributed by atoms with E-state index in [-0.39, 0.29) is 0 Å². The third kappa shape index (κ3) is 1.42. The van der Waals surface area contributed by atoms with E-state index < -0.39 is 0 Å². The van der Waals surface area contributed by atoms with Gasteiger partial charge in [0.1, 0.15) is 5.65 Å². The molecule has 0 saturated carbocycles. The normalized spacial score (nSPS) is 12.8. The van der Waals surface area contributed by atoms with Gasteiger partial charge in [0.05, 0.1) is 11.4 Å². The van der Waals surface area contributed by atoms with E-state index in [1.807, 2.05) is 12.1 Å². The van der Waals surface area contributed by atoms with Crippen LogP contribution in [-0.4, -0.2) is 9.38 Å². The number of pyridine rings is 1. The molecule has 1 aliphatic rings. The van der Waals surface area contributed by atoms with Gasteiger partial charge in [0, 0.05) is 27.1 Å². The van der Waals surface area contributed by atoms with Gasteiger partial charge in [-0.15, -0.1) is 0 Å². The average molecular weight is 364 g/mol. The van der Waals surface area contributed by atoms with E-state index in [1.165, 1.54) is 16.8 Å². The van der Waals surface area contributed by atoms with Gasteiger partial charge in [0.15, 0.2) is 0 Å². The highest BCUT2D eigenvalue weighted by molar-refractivity contribution is 9.10. The Bertz CT molecular complexity index is 790. The first-order chi connectivity index (χ1) is 8.72. The fourth-order valence-corrected chi connectivity index (χ4v) is 3.32. The van der Waals surface area contributed by atoms with Crippen LogP contribution in [0, 0.1) is 0 Å². The van der Waals surface area contributed by atoms with Crippen LogP contribution in [0.2, 0.25) is 0 Å². The van der Waals surface area contributed by atoms with Crippen molar-refractivity contribution in [1.29, 1.82) is 0 Å². The molecule has 0 amide bonds. The fourth-order valence-electron chi connectivity index (χ4n) is 2.57. The largest absolute Gasteiger partial charge is 0.302 e. The molecule has 3 aromatic rings. The predicted octanol–water partition coefficient (Wildman–Crippen LogP) is 4.43. The van der Waals surface area contributed by atoms with Crippen LogP contribution in [0.3, 0.4) is 0 Å². The zero-order valence-corrected chi connectivity index (χ0v) is 12.5. The second-order valence-electron chi connectivity index (χ2n) is 4.46. The van der Waals surface area contributed by atoms with E-state index in [1.54, 1.807) is 0 Å². The van der Waals surface area contributed by atoms with Crippen LogP contribution in [0.25, 0.3) is 16.9 Å². The van der Waals surface area contributed by atoms with Crippen LogP contribution in [-0.2, 0) is 6.42 Å². The van der Waals surface area contributed by atoms with Crippen LogP contribution in [0.4, 0.5) is 0 Å². The summed E-state index contributed by atoms with van der Waals surface area (Å²) in [6, 6.07) is 10.5. The van der Waals surface area contributed by atoms with Gasteiger partial charge in [0.2, 0.25) is 0 Å². The summed E-state index contributed by atoms with van der Waals surface area (Å²) in [7, 11) is 0. The molecular formula is C14H8Br2N2. The lowest BCUT2D eigenvalue weighted by Gasteiger charge is -2.01. The Morgan fingerprint density at radius 2 is 1.89 bits per heavy atom. The second kappa shape index (κ2) is 3.68. The van der Waals surface area contributed by atoms with E-state index >= 15 is 0 Å². The molecule has 0 aliphatic heterocycles. The quantitative estimate of drug-likeness (QED) is 0.451. The van der Waals surface area contributed by atoms with Crippen molar-refractivity contribution < 1.29 is 0 Å². The van der Waals surface area contributed by atoms with Crippen LogP contribution in [0.1, 0.15) is 11.3 Å². The molecule has 0 saturated heterocycles. The van der Waals surface area contributed by atoms with Gasteiger partial charge in [-0.1, -0.05) is 22.0 Å². The van der Waals surface area contributed by atoms with Crippen molar-refractivity contribution in [3.05, 3.63) is 56.7 Å². The standard InChI is InChI=1S/C14H8Br2N2/c15-9-1-3-11-8(5-9)6-12-14(11)17-13-4-2-10(16)7-18(12)13/h1-5,7H,6H2. The third-order valence-corrected chi connectivity index (χ3v) is 4.32. The number of halogens is 2. The minimum atomic E-state index is 0.946. The van der Waals surface area contributed by atoms with Gasteiger partial charge in [-0.05, 0) is 45.8 Å². The molecule has 0 bridgehead atoms. The first-order valence-corrected chi connectivity index (χ1v) is 7.26. The minimum absolute atomic E-state index is 0.946. The molecule has 0 fully saturated rings. The van der Waals surface area contributed by atoms with E-state index in [0.717, 1.165) is 26.7 Å².